The Labute approximate surface area is 130 Å². The predicted molar refractivity (Wildman–Crippen MR) is 85.6 cm³/mol. The third-order valence-corrected chi connectivity index (χ3v) is 4.09. The van der Waals surface area contributed by atoms with Crippen LogP contribution >= 0.6 is 0 Å². The van der Waals surface area contributed by atoms with Gasteiger partial charge in [0, 0.05) is 31.4 Å². The predicted octanol–water partition coefficient (Wildman–Crippen LogP) is 1.49. The fourth-order valence-corrected chi connectivity index (χ4v) is 3.14. The van der Waals surface area contributed by atoms with Gasteiger partial charge in [-0.15, -0.1) is 0 Å². The molecule has 0 amide bonds. The van der Waals surface area contributed by atoms with Crippen LogP contribution in [-0.4, -0.2) is 37.8 Å². The standard InChI is InChI=1S/C15H23N7/c1-10-7-14(19-15(16)17-10)21-6-4-5-13(8-21)9-22-12(3)18-11(2)20-22/h7,13H,4-6,8-9H2,1-3H3,(H2,16,17,19)/t13-/m0/s1. The van der Waals surface area contributed by atoms with Crippen LogP contribution in [0.4, 0.5) is 11.8 Å². The average molecular weight is 301 g/mol. The highest BCUT2D eigenvalue weighted by Crippen LogP contribution is 2.23. The van der Waals surface area contributed by atoms with E-state index in [0.29, 0.717) is 11.9 Å². The van der Waals surface area contributed by atoms with Gasteiger partial charge in [-0.05, 0) is 39.5 Å². The molecular weight excluding hydrogens is 278 g/mol. The summed E-state index contributed by atoms with van der Waals surface area (Å²) in [4.78, 5) is 15.2. The van der Waals surface area contributed by atoms with Crippen LogP contribution in [0.3, 0.4) is 0 Å². The summed E-state index contributed by atoms with van der Waals surface area (Å²) >= 11 is 0. The molecule has 118 valence electrons. The Balaban J connectivity index is 1.72. The molecule has 1 aliphatic rings. The quantitative estimate of drug-likeness (QED) is 0.924. The second-order valence-corrected chi connectivity index (χ2v) is 6.07. The first-order chi connectivity index (χ1) is 10.5. The highest BCUT2D eigenvalue weighted by atomic mass is 15.3. The monoisotopic (exact) mass is 301 g/mol. The summed E-state index contributed by atoms with van der Waals surface area (Å²) in [6, 6.07) is 2.00. The van der Waals surface area contributed by atoms with E-state index >= 15 is 0 Å². The first-order valence-corrected chi connectivity index (χ1v) is 7.75. The first-order valence-electron chi connectivity index (χ1n) is 7.75. The molecule has 2 aromatic heterocycles. The molecule has 0 aromatic carbocycles. The topological polar surface area (TPSA) is 85.8 Å². The molecule has 1 fully saturated rings. The fourth-order valence-electron chi connectivity index (χ4n) is 3.14. The minimum Gasteiger partial charge on any atom is -0.368 e. The van der Waals surface area contributed by atoms with E-state index in [1.807, 2.05) is 31.5 Å². The third kappa shape index (κ3) is 3.18. The molecule has 2 N–H and O–H groups in total. The number of aryl methyl sites for hydroxylation is 3. The van der Waals surface area contributed by atoms with Gasteiger partial charge in [-0.25, -0.2) is 14.6 Å². The summed E-state index contributed by atoms with van der Waals surface area (Å²) in [7, 11) is 0. The normalized spacial score (nSPS) is 18.7. The van der Waals surface area contributed by atoms with Crippen molar-refractivity contribution in [1.82, 2.24) is 24.7 Å². The minimum atomic E-state index is 0.347. The van der Waals surface area contributed by atoms with Gasteiger partial charge in [0.1, 0.15) is 17.5 Å². The molecule has 0 saturated carbocycles. The van der Waals surface area contributed by atoms with Crippen molar-refractivity contribution in [1.29, 1.82) is 0 Å². The van der Waals surface area contributed by atoms with Crippen molar-refractivity contribution in [3.05, 3.63) is 23.4 Å². The Bertz CT molecular complexity index is 644. The summed E-state index contributed by atoms with van der Waals surface area (Å²) in [6.07, 6.45) is 2.36. The molecule has 7 nitrogen and oxygen atoms in total. The van der Waals surface area contributed by atoms with Gasteiger partial charge in [0.15, 0.2) is 0 Å². The van der Waals surface area contributed by atoms with E-state index in [-0.39, 0.29) is 0 Å². The Kier molecular flexibility index (Phi) is 3.96. The van der Waals surface area contributed by atoms with Crippen LogP contribution < -0.4 is 10.6 Å². The lowest BCUT2D eigenvalue weighted by Gasteiger charge is -2.33. The maximum Gasteiger partial charge on any atom is 0.222 e. The molecule has 0 unspecified atom stereocenters. The summed E-state index contributed by atoms with van der Waals surface area (Å²) in [5, 5.41) is 4.47. The lowest BCUT2D eigenvalue weighted by molar-refractivity contribution is 0.346. The molecule has 1 aliphatic heterocycles. The number of nitrogens with zero attached hydrogens (tertiary/aromatic N) is 6. The smallest absolute Gasteiger partial charge is 0.222 e. The maximum absolute atomic E-state index is 5.78. The number of aromatic nitrogens is 5. The van der Waals surface area contributed by atoms with Crippen molar-refractivity contribution in [3.63, 3.8) is 0 Å². The number of nitrogen functional groups attached to an aromatic ring is 1. The van der Waals surface area contributed by atoms with Crippen molar-refractivity contribution in [3.8, 4) is 0 Å². The van der Waals surface area contributed by atoms with Gasteiger partial charge in [-0.3, -0.25) is 0 Å². The zero-order chi connectivity index (χ0) is 15.7. The van der Waals surface area contributed by atoms with Crippen LogP contribution in [0.2, 0.25) is 0 Å². The first kappa shape index (κ1) is 14.7. The molecule has 0 bridgehead atoms. The SMILES string of the molecule is Cc1cc(N2CCC[C@H](Cn3nc(C)nc3C)C2)nc(N)n1. The molecule has 22 heavy (non-hydrogen) atoms. The molecule has 7 heteroatoms. The molecular formula is C15H23N7. The zero-order valence-electron chi connectivity index (χ0n) is 13.5. The van der Waals surface area contributed by atoms with Gasteiger partial charge in [0.25, 0.3) is 0 Å². The highest BCUT2D eigenvalue weighted by molar-refractivity contribution is 5.43. The van der Waals surface area contributed by atoms with E-state index in [1.165, 1.54) is 6.42 Å². The molecule has 3 heterocycles. The number of piperidine rings is 1. The van der Waals surface area contributed by atoms with E-state index < -0.39 is 0 Å². The van der Waals surface area contributed by atoms with E-state index in [0.717, 1.165) is 49.2 Å². The molecule has 0 radical (unpaired) electrons. The van der Waals surface area contributed by atoms with Crippen molar-refractivity contribution in [2.24, 2.45) is 5.92 Å². The van der Waals surface area contributed by atoms with E-state index in [9.17, 15) is 0 Å². The molecule has 3 rings (SSSR count). The number of anilines is 2. The summed E-state index contributed by atoms with van der Waals surface area (Å²) in [5.74, 6) is 3.65. The van der Waals surface area contributed by atoms with Gasteiger partial charge in [0.2, 0.25) is 5.95 Å². The summed E-state index contributed by atoms with van der Waals surface area (Å²) < 4.78 is 2.02. The zero-order valence-corrected chi connectivity index (χ0v) is 13.5. The Hall–Kier alpha value is -2.18. The molecule has 1 atom stereocenters. The maximum atomic E-state index is 5.78. The molecule has 2 aromatic rings. The van der Waals surface area contributed by atoms with Gasteiger partial charge < -0.3 is 10.6 Å². The Morgan fingerprint density at radius 1 is 1.23 bits per heavy atom. The second kappa shape index (κ2) is 5.90. The van der Waals surface area contributed by atoms with Crippen LogP contribution in [0.15, 0.2) is 6.07 Å². The Morgan fingerprint density at radius 3 is 2.73 bits per heavy atom. The fraction of sp³-hybridized carbons (Fsp3) is 0.600. The highest BCUT2D eigenvalue weighted by Gasteiger charge is 2.22. The van der Waals surface area contributed by atoms with Gasteiger partial charge in [-0.1, -0.05) is 0 Å². The second-order valence-electron chi connectivity index (χ2n) is 6.07. The number of hydrogen-bond acceptors (Lipinski definition) is 6. The molecule has 0 spiro atoms. The minimum absolute atomic E-state index is 0.347. The van der Waals surface area contributed by atoms with Crippen LogP contribution in [0.1, 0.15) is 30.2 Å². The van der Waals surface area contributed by atoms with Crippen molar-refractivity contribution in [2.75, 3.05) is 23.7 Å². The number of nitrogens with two attached hydrogens (primary N) is 1. The van der Waals surface area contributed by atoms with Crippen molar-refractivity contribution in [2.45, 2.75) is 40.2 Å². The lowest BCUT2D eigenvalue weighted by Crippen LogP contribution is -2.38. The van der Waals surface area contributed by atoms with E-state index in [1.54, 1.807) is 0 Å². The van der Waals surface area contributed by atoms with Crippen LogP contribution in [0, 0.1) is 26.7 Å². The third-order valence-electron chi connectivity index (χ3n) is 4.09. The Morgan fingerprint density at radius 2 is 2.05 bits per heavy atom. The largest absolute Gasteiger partial charge is 0.368 e. The van der Waals surface area contributed by atoms with Gasteiger partial charge in [0.05, 0.1) is 0 Å². The molecule has 0 aliphatic carbocycles. The van der Waals surface area contributed by atoms with Crippen LogP contribution in [0.5, 0.6) is 0 Å². The van der Waals surface area contributed by atoms with Crippen LogP contribution in [-0.2, 0) is 6.54 Å². The van der Waals surface area contributed by atoms with Crippen LogP contribution in [0.25, 0.3) is 0 Å². The average Bonchev–Trinajstić information content (AvgIpc) is 2.76. The van der Waals surface area contributed by atoms with Crippen molar-refractivity contribution >= 4 is 11.8 Å². The van der Waals surface area contributed by atoms with E-state index in [2.05, 4.69) is 25.0 Å². The van der Waals surface area contributed by atoms with E-state index in [4.69, 9.17) is 5.73 Å². The number of hydrogen-bond donors (Lipinski definition) is 1. The summed E-state index contributed by atoms with van der Waals surface area (Å²) in [5.41, 5.74) is 6.69. The summed E-state index contributed by atoms with van der Waals surface area (Å²) in [6.45, 7) is 8.78. The number of rotatable bonds is 3. The van der Waals surface area contributed by atoms with Crippen molar-refractivity contribution < 1.29 is 0 Å². The van der Waals surface area contributed by atoms with Gasteiger partial charge >= 0.3 is 0 Å². The molecule has 1 saturated heterocycles. The lowest BCUT2D eigenvalue weighted by atomic mass is 9.98. The van der Waals surface area contributed by atoms with Gasteiger partial charge in [-0.2, -0.15) is 10.1 Å².